The van der Waals surface area contributed by atoms with Crippen LogP contribution in [0, 0.1) is 5.41 Å². The molecule has 4 atom stereocenters. The van der Waals surface area contributed by atoms with E-state index in [-0.39, 0.29) is 56.2 Å². The highest BCUT2D eigenvalue weighted by atomic mass is 16.6. The zero-order valence-electron chi connectivity index (χ0n) is 50.3. The van der Waals surface area contributed by atoms with Crippen molar-refractivity contribution in [2.24, 2.45) is 5.41 Å². The number of fused-ring (bicyclic) bond motifs is 3. The number of likely N-dealkylation sites (N-methyl/N-ethyl adjacent to an activating group) is 3. The average Bonchev–Trinajstić information content (AvgIpc) is 2.06. The van der Waals surface area contributed by atoms with Crippen LogP contribution in [0.4, 0.5) is 0 Å². The van der Waals surface area contributed by atoms with Crippen molar-refractivity contribution in [2.45, 2.75) is 102 Å². The van der Waals surface area contributed by atoms with Gasteiger partial charge in [0.05, 0.1) is 39.8 Å². The van der Waals surface area contributed by atoms with Crippen LogP contribution in [0.5, 0.6) is 28.7 Å². The molecule has 0 aromatic heterocycles. The molecule has 22 heteroatoms. The summed E-state index contributed by atoms with van der Waals surface area (Å²) in [5, 5.41) is 15.5. The van der Waals surface area contributed by atoms with Gasteiger partial charge in [-0.25, -0.2) is 9.59 Å². The Bertz CT molecular complexity index is 3030. The number of hydrogen-bond donors (Lipinski definition) is 3. The number of phenolic OH excluding ortho intramolecular Hbond substituents is 1. The lowest BCUT2D eigenvalue weighted by Crippen LogP contribution is -2.56. The number of phenols is 1. The maximum Gasteiger partial charge on any atom is 0.330 e. The number of ketones is 1. The van der Waals surface area contributed by atoms with E-state index in [1.807, 2.05) is 0 Å². The lowest BCUT2D eigenvalue weighted by Gasteiger charge is -2.36. The van der Waals surface area contributed by atoms with Crippen LogP contribution in [-0.2, 0) is 71.9 Å². The summed E-state index contributed by atoms with van der Waals surface area (Å²) in [6.45, 7) is 1.57. The number of carbonyl (C=O) groups is 9. The smallest absolute Gasteiger partial charge is 0.330 e. The molecule has 3 N–H and O–H groups in total. The molecule has 1 saturated heterocycles. The van der Waals surface area contributed by atoms with E-state index in [4.69, 9.17) is 28.4 Å². The van der Waals surface area contributed by atoms with Crippen molar-refractivity contribution >= 4 is 53.2 Å². The number of esters is 2. The van der Waals surface area contributed by atoms with E-state index in [2.05, 4.69) is 10.6 Å². The number of carbonyl (C=O) groups excluding carboxylic acids is 9. The molecule has 0 spiro atoms. The Hall–Kier alpha value is -8.95. The molecule has 2 aliphatic heterocycles. The van der Waals surface area contributed by atoms with Gasteiger partial charge in [-0.3, -0.25) is 33.6 Å². The third kappa shape index (κ3) is 18.8. The largest absolute Gasteiger partial charge is 0.508 e. The number of methoxy groups -OCH3 is 3. The van der Waals surface area contributed by atoms with Crippen LogP contribution in [0.15, 0.2) is 103 Å². The number of amides is 6. The number of allylic oxidation sites excluding steroid dienone is 1. The summed E-state index contributed by atoms with van der Waals surface area (Å²) in [5.41, 5.74) is 0.979. The Kier molecular flexibility index (Phi) is 24.5. The number of cyclic esters (lactones) is 2. The van der Waals surface area contributed by atoms with Gasteiger partial charge in [0.1, 0.15) is 42.3 Å². The van der Waals surface area contributed by atoms with Gasteiger partial charge in [0, 0.05) is 53.2 Å². The number of aromatic hydroxyl groups is 1. The minimum atomic E-state index is -1.47. The lowest BCUT2D eigenvalue weighted by atomic mass is 9.87. The second-order valence-corrected chi connectivity index (χ2v) is 22.0. The first-order valence-corrected chi connectivity index (χ1v) is 28.7. The molecule has 4 aromatic carbocycles. The quantitative estimate of drug-likeness (QED) is 0.138. The van der Waals surface area contributed by atoms with E-state index in [0.717, 1.165) is 10.5 Å². The first kappa shape index (κ1) is 66.2. The van der Waals surface area contributed by atoms with Crippen LogP contribution in [0.25, 0.3) is 0 Å². The van der Waals surface area contributed by atoms with Crippen LogP contribution in [-0.4, -0.2) is 178 Å². The van der Waals surface area contributed by atoms with Gasteiger partial charge in [-0.05, 0) is 124 Å². The molecule has 0 aliphatic carbocycles. The van der Waals surface area contributed by atoms with E-state index in [0.29, 0.717) is 79.0 Å². The standard InChI is InChI=1S/C64H80N6O16/c1-64(2)41-85-57(75)24-14-9-10-16-31-67(3)55(73)38-65-54(72)39-68(4)61(78)48(33-42-19-12-11-13-20-42)66-60(77)50(34-43-25-28-46(71)29-26-43)69(5)56(74)40-84-47-22-18-21-45(37-47)51(30-27-44-35-52(81-6)58(83-8)53(36-44)82-7)86-63(80)49-23-15-17-32-70(49)62(79)59(64)76/h11-14,18-22,24-26,28-29,35-37,48-51,71H,9-10,15-17,23,27,30-34,38-41H2,1-8H3,(H,65,72)(H,66,77)/b24-14+/t48-,49+,50+,51-/m1/s1. The monoisotopic (exact) mass is 1190 g/mol. The van der Waals surface area contributed by atoms with Gasteiger partial charge in [-0.2, -0.15) is 0 Å². The second kappa shape index (κ2) is 31.8. The molecular weight excluding hydrogens is 1110 g/mol. The van der Waals surface area contributed by atoms with Crippen LogP contribution >= 0.6 is 0 Å². The Labute approximate surface area is 502 Å². The maximum absolute atomic E-state index is 14.7. The molecule has 2 aliphatic rings. The highest BCUT2D eigenvalue weighted by Gasteiger charge is 2.43. The molecule has 6 rings (SSSR count). The maximum atomic E-state index is 14.7. The molecule has 6 amide bonds. The Morgan fingerprint density at radius 2 is 1.40 bits per heavy atom. The predicted molar refractivity (Wildman–Crippen MR) is 316 cm³/mol. The SMILES string of the molecule is COc1cc(CC[C@H]2OC(=O)[C@@H]3CCCCN3C(=O)C(=O)C(C)(C)COC(=O)/C=C/CCCCN(C)C(=O)CNC(=O)CN(C)C(=O)[C@@H](Cc3ccccc3)NC(=O)[C@H](Cc3ccc(O)cc3)N(C)C(=O)COc3cccc2c3)cc(OC)c1OC. The summed E-state index contributed by atoms with van der Waals surface area (Å²) >= 11 is 0. The van der Waals surface area contributed by atoms with Crippen molar-refractivity contribution in [3.8, 4) is 28.7 Å². The number of piperidine rings is 1. The summed E-state index contributed by atoms with van der Waals surface area (Å²) in [5.74, 6) is -4.91. The number of nitrogens with one attached hydrogen (secondary N) is 2. The van der Waals surface area contributed by atoms with Crippen molar-refractivity contribution in [3.63, 3.8) is 0 Å². The zero-order valence-corrected chi connectivity index (χ0v) is 50.3. The van der Waals surface area contributed by atoms with Gasteiger partial charge in [0.25, 0.3) is 11.8 Å². The van der Waals surface area contributed by atoms with Gasteiger partial charge in [0.15, 0.2) is 18.1 Å². The molecule has 86 heavy (non-hydrogen) atoms. The molecule has 22 nitrogen and oxygen atoms in total. The molecule has 0 radical (unpaired) electrons. The topological polar surface area (TPSA) is 266 Å². The van der Waals surface area contributed by atoms with Crippen molar-refractivity contribution in [2.75, 3.05) is 81.9 Å². The fourth-order valence-electron chi connectivity index (χ4n) is 9.94. The number of Topliss-reactive ketones (excluding diaryl/α,β-unsaturated/α-hetero) is 1. The highest BCUT2D eigenvalue weighted by molar-refractivity contribution is 6.38. The van der Waals surface area contributed by atoms with E-state index in [1.165, 1.54) is 82.2 Å². The first-order chi connectivity index (χ1) is 41.1. The minimum Gasteiger partial charge on any atom is -0.508 e. The molecular formula is C64H80N6O16. The highest BCUT2D eigenvalue weighted by Crippen LogP contribution is 2.39. The molecule has 4 aromatic rings. The fraction of sp³-hybridized carbons (Fsp3) is 0.453. The summed E-state index contributed by atoms with van der Waals surface area (Å²) in [6.07, 6.45) is 5.11. The van der Waals surface area contributed by atoms with E-state index >= 15 is 0 Å². The Morgan fingerprint density at radius 1 is 0.709 bits per heavy atom. The number of nitrogens with zero attached hydrogens (tertiary/aromatic N) is 4. The van der Waals surface area contributed by atoms with Gasteiger partial charge in [-0.15, -0.1) is 0 Å². The third-order valence-corrected chi connectivity index (χ3v) is 15.1. The number of aryl methyl sites for hydroxylation is 1. The molecule has 2 bridgehead atoms. The third-order valence-electron chi connectivity index (χ3n) is 15.1. The molecule has 1 fully saturated rings. The van der Waals surface area contributed by atoms with E-state index < -0.39 is 96.7 Å². The predicted octanol–water partition coefficient (Wildman–Crippen LogP) is 5.10. The molecule has 2 heterocycles. The van der Waals surface area contributed by atoms with Crippen molar-refractivity contribution < 1.29 is 76.7 Å². The molecule has 462 valence electrons. The van der Waals surface area contributed by atoms with E-state index in [9.17, 15) is 48.3 Å². The summed E-state index contributed by atoms with van der Waals surface area (Å²) in [7, 11) is 8.88. The second-order valence-electron chi connectivity index (χ2n) is 22.0. The number of benzene rings is 4. The van der Waals surface area contributed by atoms with Crippen LogP contribution in [0.3, 0.4) is 0 Å². The first-order valence-electron chi connectivity index (χ1n) is 28.7. The zero-order chi connectivity index (χ0) is 62.5. The van der Waals surface area contributed by atoms with Crippen LogP contribution in [0.2, 0.25) is 0 Å². The number of rotatable bonds is 10. The van der Waals surface area contributed by atoms with Crippen LogP contribution < -0.4 is 29.6 Å². The van der Waals surface area contributed by atoms with Crippen molar-refractivity contribution in [1.29, 1.82) is 0 Å². The van der Waals surface area contributed by atoms with E-state index in [1.54, 1.807) is 92.0 Å². The Morgan fingerprint density at radius 3 is 2.08 bits per heavy atom. The van der Waals surface area contributed by atoms with Crippen molar-refractivity contribution in [3.05, 3.63) is 125 Å². The summed E-state index contributed by atoms with van der Waals surface area (Å²) < 4.78 is 34.7. The average molecular weight is 1190 g/mol. The normalized spacial score (nSPS) is 21.2. The fourth-order valence-corrected chi connectivity index (χ4v) is 9.94. The lowest BCUT2D eigenvalue weighted by molar-refractivity contribution is -0.165. The number of hydrogen-bond acceptors (Lipinski definition) is 16. The van der Waals surface area contributed by atoms with Crippen molar-refractivity contribution in [1.82, 2.24) is 30.2 Å². The molecule has 0 saturated carbocycles. The van der Waals surface area contributed by atoms with Gasteiger partial charge < -0.3 is 63.8 Å². The summed E-state index contributed by atoms with van der Waals surface area (Å²) in [4.78, 5) is 130. The number of ether oxygens (including phenoxy) is 6. The van der Waals surface area contributed by atoms with Gasteiger partial charge in [-0.1, -0.05) is 60.7 Å². The van der Waals surface area contributed by atoms with Gasteiger partial charge in [0.2, 0.25) is 35.2 Å². The molecule has 0 unspecified atom stereocenters. The van der Waals surface area contributed by atoms with Gasteiger partial charge >= 0.3 is 11.9 Å². The minimum absolute atomic E-state index is 0.0113. The summed E-state index contributed by atoms with van der Waals surface area (Å²) in [6, 6.07) is 21.5. The van der Waals surface area contributed by atoms with Crippen LogP contribution in [0.1, 0.15) is 87.2 Å². The Balaban J connectivity index is 1.32.